The second kappa shape index (κ2) is 7.59. The Morgan fingerprint density at radius 3 is 2.70 bits per heavy atom. The van der Waals surface area contributed by atoms with E-state index in [4.69, 9.17) is 16.3 Å². The summed E-state index contributed by atoms with van der Waals surface area (Å²) in [7, 11) is 0. The number of halogens is 3. The van der Waals surface area contributed by atoms with Crippen molar-refractivity contribution in [2.24, 2.45) is 0 Å². The van der Waals surface area contributed by atoms with Crippen molar-refractivity contribution in [1.82, 2.24) is 25.0 Å². The van der Waals surface area contributed by atoms with Crippen LogP contribution in [-0.4, -0.2) is 61.3 Å². The summed E-state index contributed by atoms with van der Waals surface area (Å²) in [6.45, 7) is 3.03. The highest BCUT2D eigenvalue weighted by molar-refractivity contribution is 6.31. The van der Waals surface area contributed by atoms with Gasteiger partial charge in [-0.15, -0.1) is 5.10 Å². The summed E-state index contributed by atoms with van der Waals surface area (Å²) in [4.78, 5) is 10.1. The molecule has 2 aromatic heterocycles. The summed E-state index contributed by atoms with van der Waals surface area (Å²) in [6, 6.07) is 7.25. The molecule has 1 aliphatic rings. The van der Waals surface area contributed by atoms with Crippen LogP contribution in [0, 0.1) is 0 Å². The van der Waals surface area contributed by atoms with E-state index in [0.29, 0.717) is 16.2 Å². The van der Waals surface area contributed by atoms with Gasteiger partial charge >= 0.3 is 6.01 Å². The third-order valence-electron chi connectivity index (χ3n) is 4.63. The number of nitrogens with zero attached hydrogens (tertiary/aromatic N) is 6. The maximum Gasteiger partial charge on any atom is 0.320 e. The normalized spacial score (nSPS) is 16.4. The monoisotopic (exact) mass is 438 g/mol. The van der Waals surface area contributed by atoms with Gasteiger partial charge in [-0.25, -0.2) is 13.5 Å². The van der Waals surface area contributed by atoms with Crippen molar-refractivity contribution >= 4 is 28.6 Å². The predicted octanol–water partition coefficient (Wildman–Crippen LogP) is 2.92. The molecule has 0 saturated carbocycles. The summed E-state index contributed by atoms with van der Waals surface area (Å²) in [5.41, 5.74) is 0.323. The first-order chi connectivity index (χ1) is 14.1. The summed E-state index contributed by atoms with van der Waals surface area (Å²) < 4.78 is 34.7. The van der Waals surface area contributed by atoms with Gasteiger partial charge in [0.25, 0.3) is 5.92 Å². The molecular formula is C19H21ClF2N6O2. The molecule has 1 fully saturated rings. The minimum atomic E-state index is -2.81. The third-order valence-corrected chi connectivity index (χ3v) is 4.99. The fraction of sp³-hybridized carbons (Fsp3) is 0.474. The van der Waals surface area contributed by atoms with E-state index in [-0.39, 0.29) is 37.9 Å². The Morgan fingerprint density at radius 1 is 1.27 bits per heavy atom. The zero-order valence-electron chi connectivity index (χ0n) is 16.5. The van der Waals surface area contributed by atoms with Gasteiger partial charge in [0.15, 0.2) is 17.0 Å². The number of benzene rings is 1. The maximum absolute atomic E-state index is 13.8. The van der Waals surface area contributed by atoms with Crippen molar-refractivity contribution in [3.63, 3.8) is 0 Å². The van der Waals surface area contributed by atoms with Crippen LogP contribution in [0.15, 0.2) is 24.3 Å². The first-order valence-electron chi connectivity index (χ1n) is 9.44. The molecule has 4 rings (SSSR count). The van der Waals surface area contributed by atoms with Crippen molar-refractivity contribution in [3.05, 3.63) is 34.9 Å². The Kier molecular flexibility index (Phi) is 5.23. The standard InChI is InChI=1S/C19H21ClF2N6O2/c1-18(2,29)11-30-17-23-15(27-8-7-19(21,22)10-27)14-16(24-17)28(26-25-14)9-12-5-3-4-6-13(12)20/h3-6,29H,7-11H2,1-2H3. The number of aliphatic hydroxyl groups is 1. The molecule has 1 aromatic carbocycles. The van der Waals surface area contributed by atoms with E-state index in [1.807, 2.05) is 18.2 Å². The lowest BCUT2D eigenvalue weighted by atomic mass is 10.2. The third kappa shape index (κ3) is 4.44. The van der Waals surface area contributed by atoms with Crippen LogP contribution in [0.3, 0.4) is 0 Å². The summed E-state index contributed by atoms with van der Waals surface area (Å²) in [5.74, 6) is -2.58. The second-order valence-electron chi connectivity index (χ2n) is 7.97. The molecule has 30 heavy (non-hydrogen) atoms. The molecule has 0 aliphatic carbocycles. The first-order valence-corrected chi connectivity index (χ1v) is 9.82. The number of hydrogen-bond acceptors (Lipinski definition) is 7. The highest BCUT2D eigenvalue weighted by Gasteiger charge is 2.40. The van der Waals surface area contributed by atoms with Gasteiger partial charge in [0.05, 0.1) is 18.7 Å². The Morgan fingerprint density at radius 2 is 2.03 bits per heavy atom. The van der Waals surface area contributed by atoms with Gasteiger partial charge in [-0.3, -0.25) is 0 Å². The number of ether oxygens (including phenoxy) is 1. The molecule has 160 valence electrons. The number of hydrogen-bond donors (Lipinski definition) is 1. The molecule has 0 spiro atoms. The summed E-state index contributed by atoms with van der Waals surface area (Å²) >= 11 is 6.25. The van der Waals surface area contributed by atoms with Gasteiger partial charge in [-0.2, -0.15) is 9.97 Å². The molecule has 0 atom stereocenters. The van der Waals surface area contributed by atoms with E-state index < -0.39 is 18.1 Å². The average Bonchev–Trinajstić information content (AvgIpc) is 3.24. The van der Waals surface area contributed by atoms with E-state index in [1.54, 1.807) is 19.9 Å². The van der Waals surface area contributed by atoms with Crippen molar-refractivity contribution in [2.45, 2.75) is 38.3 Å². The van der Waals surface area contributed by atoms with Gasteiger partial charge in [-0.05, 0) is 25.5 Å². The van der Waals surface area contributed by atoms with E-state index in [0.717, 1.165) is 5.56 Å². The smallest absolute Gasteiger partial charge is 0.320 e. The van der Waals surface area contributed by atoms with Crippen LogP contribution in [0.2, 0.25) is 5.02 Å². The number of anilines is 1. The maximum atomic E-state index is 13.8. The van der Waals surface area contributed by atoms with Crippen molar-refractivity contribution < 1.29 is 18.6 Å². The van der Waals surface area contributed by atoms with Crippen LogP contribution in [0.1, 0.15) is 25.8 Å². The lowest BCUT2D eigenvalue weighted by Gasteiger charge is -2.20. The molecule has 3 heterocycles. The van der Waals surface area contributed by atoms with Gasteiger partial charge in [-0.1, -0.05) is 35.0 Å². The van der Waals surface area contributed by atoms with E-state index in [9.17, 15) is 13.9 Å². The molecule has 0 unspecified atom stereocenters. The minimum Gasteiger partial charge on any atom is -0.460 e. The molecule has 0 amide bonds. The number of fused-ring (bicyclic) bond motifs is 1. The van der Waals surface area contributed by atoms with E-state index in [2.05, 4.69) is 20.3 Å². The fourth-order valence-corrected chi connectivity index (χ4v) is 3.36. The molecule has 0 bridgehead atoms. The largest absolute Gasteiger partial charge is 0.460 e. The predicted molar refractivity (Wildman–Crippen MR) is 107 cm³/mol. The Bertz CT molecular complexity index is 1070. The number of rotatable bonds is 6. The number of alkyl halides is 2. The highest BCUT2D eigenvalue weighted by atomic mass is 35.5. The molecular weight excluding hydrogens is 418 g/mol. The van der Waals surface area contributed by atoms with Crippen LogP contribution in [0.5, 0.6) is 6.01 Å². The van der Waals surface area contributed by atoms with Crippen LogP contribution < -0.4 is 9.64 Å². The second-order valence-corrected chi connectivity index (χ2v) is 8.38. The molecule has 1 aliphatic heterocycles. The lowest BCUT2D eigenvalue weighted by molar-refractivity contribution is 0.0250. The van der Waals surface area contributed by atoms with Crippen molar-refractivity contribution in [3.8, 4) is 6.01 Å². The molecule has 8 nitrogen and oxygen atoms in total. The van der Waals surface area contributed by atoms with Crippen LogP contribution >= 0.6 is 11.6 Å². The highest BCUT2D eigenvalue weighted by Crippen LogP contribution is 2.33. The zero-order chi connectivity index (χ0) is 21.5. The van der Waals surface area contributed by atoms with Crippen LogP contribution in [0.4, 0.5) is 14.6 Å². The molecule has 1 N–H and O–H groups in total. The number of aromatic nitrogens is 5. The van der Waals surface area contributed by atoms with Crippen LogP contribution in [0.25, 0.3) is 11.2 Å². The average molecular weight is 439 g/mol. The molecule has 3 aromatic rings. The summed E-state index contributed by atoms with van der Waals surface area (Å²) in [5, 5.41) is 18.8. The van der Waals surface area contributed by atoms with Gasteiger partial charge in [0.2, 0.25) is 0 Å². The van der Waals surface area contributed by atoms with Gasteiger partial charge in [0, 0.05) is 18.0 Å². The lowest BCUT2D eigenvalue weighted by Crippen LogP contribution is -2.29. The van der Waals surface area contributed by atoms with Gasteiger partial charge in [0.1, 0.15) is 6.61 Å². The quantitative estimate of drug-likeness (QED) is 0.632. The first kappa shape index (κ1) is 20.7. The van der Waals surface area contributed by atoms with E-state index >= 15 is 0 Å². The SMILES string of the molecule is CC(C)(O)COc1nc(N2CCC(F)(F)C2)c2nnn(Cc3ccccc3Cl)c2n1. The minimum absolute atomic E-state index is 0.0439. The van der Waals surface area contributed by atoms with Crippen molar-refractivity contribution in [1.29, 1.82) is 0 Å². The molecule has 0 radical (unpaired) electrons. The van der Waals surface area contributed by atoms with Crippen LogP contribution in [-0.2, 0) is 6.54 Å². The zero-order valence-corrected chi connectivity index (χ0v) is 17.3. The summed E-state index contributed by atoms with van der Waals surface area (Å²) in [6.07, 6.45) is -0.272. The molecule has 1 saturated heterocycles. The Labute approximate surface area is 176 Å². The Balaban J connectivity index is 1.75. The topological polar surface area (TPSA) is 89.2 Å². The molecule has 11 heteroatoms. The Hall–Kier alpha value is -2.59. The van der Waals surface area contributed by atoms with Crippen molar-refractivity contribution in [2.75, 3.05) is 24.6 Å². The van der Waals surface area contributed by atoms with Gasteiger partial charge < -0.3 is 14.7 Å². The fourth-order valence-electron chi connectivity index (χ4n) is 3.16. The van der Waals surface area contributed by atoms with E-state index in [1.165, 1.54) is 9.58 Å².